The fraction of sp³-hybridized carbons (Fsp3) is 0.500. The molecule has 0 aliphatic carbocycles. The van der Waals surface area contributed by atoms with E-state index >= 15 is 0 Å². The number of primary amides is 1. The first-order valence-corrected chi connectivity index (χ1v) is 6.32. The van der Waals surface area contributed by atoms with Crippen molar-refractivity contribution in [1.82, 2.24) is 9.80 Å². The van der Waals surface area contributed by atoms with Crippen LogP contribution < -0.4 is 5.73 Å². The number of rotatable bonds is 4. The van der Waals surface area contributed by atoms with E-state index in [9.17, 15) is 19.2 Å². The minimum atomic E-state index is -0.922. The summed E-state index contributed by atoms with van der Waals surface area (Å²) in [6.07, 6.45) is 1.31. The number of carbonyl (C=O) groups is 4. The topological polar surface area (TPSA) is 116 Å². The van der Waals surface area contributed by atoms with Gasteiger partial charge in [0.15, 0.2) is 6.04 Å². The van der Waals surface area contributed by atoms with E-state index in [4.69, 9.17) is 5.73 Å². The summed E-state index contributed by atoms with van der Waals surface area (Å²) in [6, 6.07) is -2.30. The Morgan fingerprint density at radius 1 is 1.48 bits per heavy atom. The number of nitrogens with zero attached hydrogens (tertiary/aromatic N) is 4. The Labute approximate surface area is 120 Å². The largest absolute Gasteiger partial charge is 0.366 e. The van der Waals surface area contributed by atoms with Gasteiger partial charge >= 0.3 is 6.03 Å². The van der Waals surface area contributed by atoms with Crippen molar-refractivity contribution in [3.05, 3.63) is 0 Å². The van der Waals surface area contributed by atoms with Crippen molar-refractivity contribution in [3.8, 4) is 0 Å². The molecule has 2 N–H and O–H groups in total. The molecule has 4 amide bonds. The number of carbonyl (C=O) groups excluding carboxylic acids is 4. The molecule has 2 rings (SSSR count). The summed E-state index contributed by atoms with van der Waals surface area (Å²) in [4.78, 5) is 53.2. The summed E-state index contributed by atoms with van der Waals surface area (Å²) in [5.41, 5.74) is 5.25. The Hall–Kier alpha value is -2.58. The van der Waals surface area contributed by atoms with Gasteiger partial charge in [-0.15, -0.1) is 0 Å². The van der Waals surface area contributed by atoms with E-state index in [2.05, 4.69) is 4.99 Å². The number of hydrogen-bond donors (Lipinski definition) is 1. The SMILES string of the molecule is CC(=O)CN1C(=O)C2C(=NC=[N+]2[C@@H](C)C(N)=O)N(C)C1=O. The summed E-state index contributed by atoms with van der Waals surface area (Å²) in [5.74, 6) is -1.30. The molecule has 2 aliphatic heterocycles. The van der Waals surface area contributed by atoms with Gasteiger partial charge in [0.1, 0.15) is 5.78 Å². The van der Waals surface area contributed by atoms with Crippen LogP contribution in [0.15, 0.2) is 4.99 Å². The summed E-state index contributed by atoms with van der Waals surface area (Å²) in [7, 11) is 1.46. The maximum absolute atomic E-state index is 12.5. The molecule has 0 bridgehead atoms. The van der Waals surface area contributed by atoms with E-state index in [1.165, 1.54) is 36.7 Å². The van der Waals surface area contributed by atoms with E-state index < -0.39 is 29.9 Å². The van der Waals surface area contributed by atoms with E-state index in [0.717, 1.165) is 4.90 Å². The Kier molecular flexibility index (Phi) is 3.58. The van der Waals surface area contributed by atoms with Crippen LogP contribution in [0.4, 0.5) is 4.79 Å². The molecule has 2 atom stereocenters. The third kappa shape index (κ3) is 2.30. The molecule has 0 aromatic rings. The molecule has 2 heterocycles. The first kappa shape index (κ1) is 14.8. The lowest BCUT2D eigenvalue weighted by Crippen LogP contribution is -2.64. The number of nitrogens with two attached hydrogens (primary N) is 1. The van der Waals surface area contributed by atoms with Gasteiger partial charge in [0, 0.05) is 7.05 Å². The summed E-state index contributed by atoms with van der Waals surface area (Å²) >= 11 is 0. The van der Waals surface area contributed by atoms with Crippen LogP contribution in [-0.4, -0.2) is 75.9 Å². The first-order chi connectivity index (χ1) is 9.75. The highest BCUT2D eigenvalue weighted by Gasteiger charge is 2.53. The molecular formula is C12H16N5O4+. The van der Waals surface area contributed by atoms with Gasteiger partial charge in [0.05, 0.1) is 6.54 Å². The first-order valence-electron chi connectivity index (χ1n) is 6.32. The monoisotopic (exact) mass is 294 g/mol. The number of Topliss-reactive ketones (excluding diaryl/α,β-unsaturated/α-hetero) is 1. The van der Waals surface area contributed by atoms with Crippen LogP contribution in [0.3, 0.4) is 0 Å². The van der Waals surface area contributed by atoms with E-state index in [0.29, 0.717) is 0 Å². The van der Waals surface area contributed by atoms with Crippen LogP contribution in [-0.2, 0) is 14.4 Å². The lowest BCUT2D eigenvalue weighted by molar-refractivity contribution is -0.551. The number of imide groups is 1. The standard InChI is InChI=1S/C12H15N5O4/c1-6(18)4-16-11(20)8-10(15(3)12(16)21)14-5-17(8)7(2)9(13)19/h5,7-8H,4H2,1-3H3,(H-,13,19)/p+1/t7-,8?/m0/s1. The van der Waals surface area contributed by atoms with Gasteiger partial charge in [0.2, 0.25) is 0 Å². The molecule has 1 fully saturated rings. The molecule has 112 valence electrons. The number of ketones is 1. The predicted molar refractivity (Wildman–Crippen MR) is 71.8 cm³/mol. The van der Waals surface area contributed by atoms with E-state index in [1.54, 1.807) is 0 Å². The summed E-state index contributed by atoms with van der Waals surface area (Å²) in [6.45, 7) is 2.51. The van der Waals surface area contributed by atoms with Gasteiger partial charge in [-0.2, -0.15) is 0 Å². The van der Waals surface area contributed by atoms with Crippen LogP contribution >= 0.6 is 0 Å². The highest BCUT2D eigenvalue weighted by molar-refractivity contribution is 6.22. The summed E-state index contributed by atoms with van der Waals surface area (Å²) < 4.78 is 1.38. The smallest absolute Gasteiger partial charge is 0.334 e. The molecule has 1 unspecified atom stereocenters. The Morgan fingerprint density at radius 3 is 2.62 bits per heavy atom. The van der Waals surface area contributed by atoms with Crippen molar-refractivity contribution in [3.63, 3.8) is 0 Å². The third-order valence-electron chi connectivity index (χ3n) is 3.47. The number of hydrogen-bond acceptors (Lipinski definition) is 5. The average molecular weight is 294 g/mol. The Morgan fingerprint density at radius 2 is 2.10 bits per heavy atom. The minimum absolute atomic E-state index is 0.220. The zero-order chi connectivity index (χ0) is 15.9. The quantitative estimate of drug-likeness (QED) is 0.613. The molecule has 0 aromatic heterocycles. The zero-order valence-corrected chi connectivity index (χ0v) is 11.9. The Bertz CT molecular complexity index is 609. The van der Waals surface area contributed by atoms with Crippen LogP contribution in [0.25, 0.3) is 0 Å². The molecular weight excluding hydrogens is 278 g/mol. The highest BCUT2D eigenvalue weighted by Crippen LogP contribution is 2.19. The van der Waals surface area contributed by atoms with Gasteiger partial charge in [-0.3, -0.25) is 24.2 Å². The molecule has 21 heavy (non-hydrogen) atoms. The van der Waals surface area contributed by atoms with Crippen molar-refractivity contribution in [1.29, 1.82) is 0 Å². The molecule has 0 aromatic carbocycles. The fourth-order valence-electron chi connectivity index (χ4n) is 2.26. The number of likely N-dealkylation sites (N-methyl/N-ethyl adjacent to an activating group) is 1. The minimum Gasteiger partial charge on any atom is -0.366 e. The lowest BCUT2D eigenvalue weighted by atomic mass is 10.1. The molecule has 0 radical (unpaired) electrons. The molecule has 2 aliphatic rings. The van der Waals surface area contributed by atoms with Gasteiger partial charge in [-0.25, -0.2) is 9.37 Å². The van der Waals surface area contributed by atoms with E-state index in [1.807, 2.05) is 0 Å². The molecule has 9 heteroatoms. The number of amides is 4. The normalized spacial score (nSPS) is 22.7. The van der Waals surface area contributed by atoms with Crippen molar-refractivity contribution in [2.45, 2.75) is 25.9 Å². The highest BCUT2D eigenvalue weighted by atomic mass is 16.2. The van der Waals surface area contributed by atoms with Crippen molar-refractivity contribution < 1.29 is 23.8 Å². The zero-order valence-electron chi connectivity index (χ0n) is 11.9. The maximum Gasteiger partial charge on any atom is 0.334 e. The van der Waals surface area contributed by atoms with Gasteiger partial charge < -0.3 is 5.73 Å². The molecule has 0 spiro atoms. The second kappa shape index (κ2) is 5.08. The van der Waals surface area contributed by atoms with Crippen molar-refractivity contribution in [2.24, 2.45) is 10.7 Å². The molecule has 9 nitrogen and oxygen atoms in total. The molecule has 0 saturated carbocycles. The average Bonchev–Trinajstić information content (AvgIpc) is 2.84. The predicted octanol–water partition coefficient (Wildman–Crippen LogP) is -1.84. The fourth-order valence-corrected chi connectivity index (χ4v) is 2.26. The number of fused-ring (bicyclic) bond motifs is 1. The lowest BCUT2D eigenvalue weighted by Gasteiger charge is -2.33. The second-order valence-electron chi connectivity index (χ2n) is 5.00. The van der Waals surface area contributed by atoms with Gasteiger partial charge in [0.25, 0.3) is 30.0 Å². The number of amidine groups is 1. The maximum atomic E-state index is 12.5. The van der Waals surface area contributed by atoms with E-state index in [-0.39, 0.29) is 18.2 Å². The number of aliphatic imine (C=N–C) groups is 1. The Balaban J connectivity index is 2.37. The summed E-state index contributed by atoms with van der Waals surface area (Å²) in [5, 5.41) is 0. The molecule has 1 saturated heterocycles. The third-order valence-corrected chi connectivity index (χ3v) is 3.47. The van der Waals surface area contributed by atoms with Gasteiger partial charge in [-0.05, 0) is 18.8 Å². The van der Waals surface area contributed by atoms with Gasteiger partial charge in [-0.1, -0.05) is 0 Å². The van der Waals surface area contributed by atoms with Crippen LogP contribution in [0.2, 0.25) is 0 Å². The van der Waals surface area contributed by atoms with Crippen LogP contribution in [0.1, 0.15) is 13.8 Å². The van der Waals surface area contributed by atoms with Crippen molar-refractivity contribution in [2.75, 3.05) is 13.6 Å². The number of urea groups is 1. The van der Waals surface area contributed by atoms with Crippen molar-refractivity contribution >= 4 is 35.8 Å². The van der Waals surface area contributed by atoms with Crippen LogP contribution in [0.5, 0.6) is 0 Å². The second-order valence-corrected chi connectivity index (χ2v) is 5.00. The van der Waals surface area contributed by atoms with Crippen LogP contribution in [0, 0.1) is 0 Å².